The number of nitrogens with one attached hydrogen (secondary N) is 1. The average Bonchev–Trinajstić information content (AvgIpc) is 3.32. The van der Waals surface area contributed by atoms with Crippen LogP contribution in [0.4, 0.5) is 5.69 Å². The van der Waals surface area contributed by atoms with E-state index in [0.29, 0.717) is 23.6 Å². The lowest BCUT2D eigenvalue weighted by molar-refractivity contribution is 0.0644. The van der Waals surface area contributed by atoms with Crippen LogP contribution in [0, 0.1) is 6.92 Å². The summed E-state index contributed by atoms with van der Waals surface area (Å²) in [5.41, 5.74) is 2.42. The summed E-state index contributed by atoms with van der Waals surface area (Å²) in [6.07, 6.45) is -0.383. The Morgan fingerprint density at radius 1 is 1.07 bits per heavy atom. The van der Waals surface area contributed by atoms with Crippen molar-refractivity contribution in [2.45, 2.75) is 19.6 Å². The Bertz CT molecular complexity index is 1030. The number of hydrogen-bond acceptors (Lipinski definition) is 5. The molecule has 27 heavy (non-hydrogen) atoms. The number of carbonyl (C=O) groups excluding carboxylic acids is 1. The highest BCUT2D eigenvalue weighted by Gasteiger charge is 2.34. The zero-order valence-electron chi connectivity index (χ0n) is 14.8. The molecule has 2 aromatic carbocycles. The second-order valence-electron chi connectivity index (χ2n) is 6.66. The van der Waals surface area contributed by atoms with Gasteiger partial charge in [-0.1, -0.05) is 18.2 Å². The molecule has 2 aliphatic rings. The normalized spacial score (nSPS) is 17.6. The molecule has 3 aromatic rings. The van der Waals surface area contributed by atoms with Gasteiger partial charge in [-0.2, -0.15) is 0 Å². The molecule has 3 heterocycles. The lowest BCUT2D eigenvalue weighted by atomic mass is 10.1. The van der Waals surface area contributed by atoms with Crippen molar-refractivity contribution in [3.05, 3.63) is 77.2 Å². The van der Waals surface area contributed by atoms with Crippen LogP contribution in [-0.2, 0) is 6.54 Å². The van der Waals surface area contributed by atoms with Crippen LogP contribution >= 0.6 is 0 Å². The van der Waals surface area contributed by atoms with Crippen molar-refractivity contribution in [1.29, 1.82) is 0 Å². The number of para-hydroxylation sites is 1. The highest BCUT2D eigenvalue weighted by molar-refractivity contribution is 6.01. The number of furan rings is 1. The molecule has 5 rings (SSSR count). The van der Waals surface area contributed by atoms with Gasteiger partial charge in [0.25, 0.3) is 5.91 Å². The molecule has 6 heteroatoms. The van der Waals surface area contributed by atoms with Crippen molar-refractivity contribution in [2.75, 3.05) is 12.1 Å². The molecule has 1 N–H and O–H groups in total. The van der Waals surface area contributed by atoms with Gasteiger partial charge < -0.3 is 24.1 Å². The van der Waals surface area contributed by atoms with Gasteiger partial charge in [0.05, 0.1) is 5.56 Å². The number of hydrogen-bond donors (Lipinski definition) is 1. The van der Waals surface area contributed by atoms with Crippen molar-refractivity contribution in [1.82, 2.24) is 4.90 Å². The SMILES string of the molecule is Cc1ccc([C@@H]2Nc3ccccc3C(=O)N2Cc2ccc3c(c2)OCO3)o1. The Balaban J connectivity index is 1.53. The van der Waals surface area contributed by atoms with Crippen molar-refractivity contribution >= 4 is 11.6 Å². The van der Waals surface area contributed by atoms with Gasteiger partial charge in [-0.15, -0.1) is 0 Å². The van der Waals surface area contributed by atoms with Crippen molar-refractivity contribution in [3.8, 4) is 11.5 Å². The van der Waals surface area contributed by atoms with Gasteiger partial charge >= 0.3 is 0 Å². The third kappa shape index (κ3) is 2.70. The van der Waals surface area contributed by atoms with Gasteiger partial charge in [0.2, 0.25) is 6.79 Å². The van der Waals surface area contributed by atoms with E-state index in [0.717, 1.165) is 22.8 Å². The highest BCUT2D eigenvalue weighted by atomic mass is 16.7. The van der Waals surface area contributed by atoms with E-state index in [1.165, 1.54) is 0 Å². The number of nitrogens with zero attached hydrogens (tertiary/aromatic N) is 1. The molecule has 0 radical (unpaired) electrons. The van der Waals surface area contributed by atoms with E-state index in [-0.39, 0.29) is 18.9 Å². The zero-order valence-corrected chi connectivity index (χ0v) is 14.8. The molecule has 0 spiro atoms. The Labute approximate surface area is 156 Å². The van der Waals surface area contributed by atoms with Gasteiger partial charge in [-0.25, -0.2) is 0 Å². The van der Waals surface area contributed by atoms with Crippen LogP contribution in [0.5, 0.6) is 11.5 Å². The van der Waals surface area contributed by atoms with Gasteiger partial charge in [0.1, 0.15) is 11.5 Å². The maximum Gasteiger partial charge on any atom is 0.258 e. The summed E-state index contributed by atoms with van der Waals surface area (Å²) < 4.78 is 16.7. The Morgan fingerprint density at radius 3 is 2.78 bits per heavy atom. The van der Waals surface area contributed by atoms with Crippen molar-refractivity contribution in [3.63, 3.8) is 0 Å². The summed E-state index contributed by atoms with van der Waals surface area (Å²) in [6.45, 7) is 2.54. The summed E-state index contributed by atoms with van der Waals surface area (Å²) >= 11 is 0. The van der Waals surface area contributed by atoms with E-state index in [2.05, 4.69) is 5.32 Å². The van der Waals surface area contributed by atoms with Crippen LogP contribution in [0.15, 0.2) is 59.0 Å². The third-order valence-corrected chi connectivity index (χ3v) is 4.84. The van der Waals surface area contributed by atoms with E-state index in [9.17, 15) is 4.79 Å². The highest BCUT2D eigenvalue weighted by Crippen LogP contribution is 2.37. The Kier molecular flexibility index (Phi) is 3.57. The van der Waals surface area contributed by atoms with Gasteiger partial charge in [0.15, 0.2) is 17.7 Å². The minimum Gasteiger partial charge on any atom is -0.462 e. The fraction of sp³-hybridized carbons (Fsp3) is 0.190. The van der Waals surface area contributed by atoms with Gasteiger partial charge in [-0.3, -0.25) is 4.79 Å². The molecule has 0 saturated carbocycles. The molecule has 6 nitrogen and oxygen atoms in total. The van der Waals surface area contributed by atoms with Crippen LogP contribution in [0.25, 0.3) is 0 Å². The number of benzene rings is 2. The number of fused-ring (bicyclic) bond motifs is 2. The first-order valence-electron chi connectivity index (χ1n) is 8.80. The number of amides is 1. The smallest absolute Gasteiger partial charge is 0.258 e. The first-order chi connectivity index (χ1) is 13.2. The van der Waals surface area contributed by atoms with E-state index in [1.807, 2.05) is 61.5 Å². The largest absolute Gasteiger partial charge is 0.462 e. The summed E-state index contributed by atoms with van der Waals surface area (Å²) in [5.74, 6) is 2.90. The lowest BCUT2D eigenvalue weighted by Crippen LogP contribution is -2.42. The molecule has 1 aromatic heterocycles. The molecule has 0 unspecified atom stereocenters. The molecule has 0 saturated heterocycles. The van der Waals surface area contributed by atoms with Crippen LogP contribution in [0.1, 0.15) is 33.6 Å². The molecular weight excluding hydrogens is 344 g/mol. The monoisotopic (exact) mass is 362 g/mol. The fourth-order valence-corrected chi connectivity index (χ4v) is 3.52. The number of carbonyl (C=O) groups is 1. The second kappa shape index (κ2) is 6.09. The third-order valence-electron chi connectivity index (χ3n) is 4.84. The zero-order chi connectivity index (χ0) is 18.4. The van der Waals surface area contributed by atoms with E-state index in [1.54, 1.807) is 4.90 Å². The lowest BCUT2D eigenvalue weighted by Gasteiger charge is -2.36. The standard InChI is InChI=1S/C21H18N2O4/c1-13-6-8-18(27-13)20-22-16-5-3-2-4-15(16)21(24)23(20)11-14-7-9-17-19(10-14)26-12-25-17/h2-10,20,22H,11-12H2,1H3/t20-/m1/s1. The number of aryl methyl sites for hydroxylation is 1. The predicted octanol–water partition coefficient (Wildman–Crippen LogP) is 4.08. The first kappa shape index (κ1) is 15.8. The number of ether oxygens (including phenoxy) is 2. The molecule has 0 aliphatic carbocycles. The minimum absolute atomic E-state index is 0.0407. The van der Waals surface area contributed by atoms with E-state index >= 15 is 0 Å². The Hall–Kier alpha value is -3.41. The maximum atomic E-state index is 13.2. The Morgan fingerprint density at radius 2 is 1.93 bits per heavy atom. The summed E-state index contributed by atoms with van der Waals surface area (Å²) in [4.78, 5) is 15.0. The maximum absolute atomic E-state index is 13.2. The summed E-state index contributed by atoms with van der Waals surface area (Å²) in [6, 6.07) is 17.1. The molecule has 1 amide bonds. The quantitative estimate of drug-likeness (QED) is 0.760. The average molecular weight is 362 g/mol. The van der Waals surface area contributed by atoms with E-state index in [4.69, 9.17) is 13.9 Å². The fourth-order valence-electron chi connectivity index (χ4n) is 3.52. The van der Waals surface area contributed by atoms with Gasteiger partial charge in [-0.05, 0) is 48.9 Å². The number of rotatable bonds is 3. The van der Waals surface area contributed by atoms with Gasteiger partial charge in [0, 0.05) is 12.2 Å². The van der Waals surface area contributed by atoms with Crippen molar-refractivity contribution in [2.24, 2.45) is 0 Å². The van der Waals surface area contributed by atoms with Crippen LogP contribution < -0.4 is 14.8 Å². The molecule has 2 aliphatic heterocycles. The predicted molar refractivity (Wildman–Crippen MR) is 98.7 cm³/mol. The van der Waals surface area contributed by atoms with Crippen molar-refractivity contribution < 1.29 is 18.7 Å². The summed E-state index contributed by atoms with van der Waals surface area (Å²) in [7, 11) is 0. The summed E-state index contributed by atoms with van der Waals surface area (Å²) in [5, 5.41) is 3.44. The minimum atomic E-state index is -0.383. The topological polar surface area (TPSA) is 63.9 Å². The van der Waals surface area contributed by atoms with Crippen LogP contribution in [-0.4, -0.2) is 17.6 Å². The molecule has 1 atom stereocenters. The number of anilines is 1. The van der Waals surface area contributed by atoms with E-state index < -0.39 is 0 Å². The molecule has 0 fully saturated rings. The van der Waals surface area contributed by atoms with Crippen LogP contribution in [0.2, 0.25) is 0 Å². The molecular formula is C21H18N2O4. The van der Waals surface area contributed by atoms with Crippen LogP contribution in [0.3, 0.4) is 0 Å². The molecule has 0 bridgehead atoms. The second-order valence-corrected chi connectivity index (χ2v) is 6.66. The molecule has 136 valence electrons. The first-order valence-corrected chi connectivity index (χ1v) is 8.80.